The predicted molar refractivity (Wildman–Crippen MR) is 167 cm³/mol. The third-order valence-corrected chi connectivity index (χ3v) is 8.75. The third kappa shape index (κ3) is 6.49. The topological polar surface area (TPSA) is 57.7 Å². The maximum Gasteiger partial charge on any atom is 0.408 e. The minimum atomic E-state index is -4.53. The summed E-state index contributed by atoms with van der Waals surface area (Å²) in [6.45, 7) is 3.07. The quantitative estimate of drug-likeness (QED) is 0.203. The van der Waals surface area contributed by atoms with Crippen LogP contribution in [0.15, 0.2) is 78.9 Å². The Morgan fingerprint density at radius 2 is 1.64 bits per heavy atom. The fourth-order valence-corrected chi connectivity index (χ4v) is 6.66. The summed E-state index contributed by atoms with van der Waals surface area (Å²) in [7, 11) is 0. The average Bonchev–Trinajstić information content (AvgIpc) is 3.12. The number of carbonyl (C=O) groups excluding carboxylic acids is 1. The molecule has 1 aliphatic carbocycles. The van der Waals surface area contributed by atoms with E-state index in [1.807, 2.05) is 72.0 Å². The fraction of sp³-hybridized carbons (Fsp3) is 0.353. The lowest BCUT2D eigenvalue weighted by Gasteiger charge is -2.32. The van der Waals surface area contributed by atoms with Crippen LogP contribution < -0.4 is 10.2 Å². The van der Waals surface area contributed by atoms with Gasteiger partial charge in [0.25, 0.3) is 0 Å². The van der Waals surface area contributed by atoms with Crippen LogP contribution in [0.4, 0.5) is 23.8 Å². The Bertz CT molecular complexity index is 1600. The maximum atomic E-state index is 12.9. The van der Waals surface area contributed by atoms with Crippen LogP contribution in [-0.2, 0) is 10.3 Å². The summed E-state index contributed by atoms with van der Waals surface area (Å²) in [5.74, 6) is 0.961. The zero-order valence-corrected chi connectivity index (χ0v) is 25.0. The molecule has 6 rings (SSSR count). The normalized spacial score (nSPS) is 16.3. The Morgan fingerprint density at radius 1 is 0.909 bits per heavy atom. The van der Waals surface area contributed by atoms with Gasteiger partial charge in [0.2, 0.25) is 0 Å². The highest BCUT2D eigenvalue weighted by Crippen LogP contribution is 2.52. The van der Waals surface area contributed by atoms with Gasteiger partial charge in [-0.3, -0.25) is 0 Å². The lowest BCUT2D eigenvalue weighted by molar-refractivity contribution is -0.124. The van der Waals surface area contributed by atoms with Gasteiger partial charge < -0.3 is 19.9 Å². The van der Waals surface area contributed by atoms with E-state index in [4.69, 9.17) is 21.3 Å². The molecular formula is C34H34ClF3N4O2. The number of unbranched alkanes of at least 4 members (excludes halogenated alkanes) is 1. The van der Waals surface area contributed by atoms with Gasteiger partial charge in [0, 0.05) is 41.2 Å². The minimum Gasteiger partial charge on any atom is -0.433 e. The SMILES string of the molecule is O=C(NCC(F)(F)F)OC1(CCCCN2CCCN(c3ccc4cc(Cl)ccc4n3)CC2)c2ccccc2-c2ccccc21. The molecule has 44 heavy (non-hydrogen) atoms. The molecule has 230 valence electrons. The van der Waals surface area contributed by atoms with Crippen molar-refractivity contribution in [3.8, 4) is 11.1 Å². The van der Waals surface area contributed by atoms with Crippen molar-refractivity contribution in [2.24, 2.45) is 0 Å². The number of hydrogen-bond acceptors (Lipinski definition) is 5. The molecule has 1 N–H and O–H groups in total. The first-order valence-electron chi connectivity index (χ1n) is 15.0. The van der Waals surface area contributed by atoms with Crippen LogP contribution >= 0.6 is 11.6 Å². The molecule has 0 atom stereocenters. The molecule has 0 unspecified atom stereocenters. The van der Waals surface area contributed by atoms with Gasteiger partial charge in [-0.1, -0.05) is 60.1 Å². The van der Waals surface area contributed by atoms with Crippen molar-refractivity contribution in [3.05, 3.63) is 95.0 Å². The second kappa shape index (κ2) is 12.7. The van der Waals surface area contributed by atoms with E-state index < -0.39 is 24.4 Å². The van der Waals surface area contributed by atoms with E-state index in [-0.39, 0.29) is 0 Å². The van der Waals surface area contributed by atoms with Gasteiger partial charge in [0.1, 0.15) is 12.4 Å². The molecule has 3 aromatic carbocycles. The zero-order chi connectivity index (χ0) is 30.7. The molecule has 1 aliphatic heterocycles. The Labute approximate surface area is 259 Å². The number of nitrogens with zero attached hydrogens (tertiary/aromatic N) is 3. The van der Waals surface area contributed by atoms with Crippen LogP contribution in [-0.4, -0.2) is 61.4 Å². The molecule has 0 radical (unpaired) electrons. The minimum absolute atomic E-state index is 0.464. The maximum absolute atomic E-state index is 12.9. The van der Waals surface area contributed by atoms with Crippen molar-refractivity contribution in [3.63, 3.8) is 0 Å². The molecule has 6 nitrogen and oxygen atoms in total. The molecule has 1 aromatic heterocycles. The molecule has 1 fully saturated rings. The second-order valence-corrected chi connectivity index (χ2v) is 11.9. The molecule has 0 bridgehead atoms. The lowest BCUT2D eigenvalue weighted by Crippen LogP contribution is -2.40. The van der Waals surface area contributed by atoms with Crippen LogP contribution in [0, 0.1) is 0 Å². The van der Waals surface area contributed by atoms with Crippen molar-refractivity contribution in [1.29, 1.82) is 0 Å². The van der Waals surface area contributed by atoms with Gasteiger partial charge in [-0.2, -0.15) is 13.2 Å². The number of alkyl carbamates (subject to hydrolysis) is 1. The van der Waals surface area contributed by atoms with Crippen LogP contribution in [0.2, 0.25) is 5.02 Å². The highest BCUT2D eigenvalue weighted by Gasteiger charge is 2.46. The number of hydrogen-bond donors (Lipinski definition) is 1. The van der Waals surface area contributed by atoms with E-state index >= 15 is 0 Å². The number of rotatable bonds is 8. The summed E-state index contributed by atoms with van der Waals surface area (Å²) in [5.41, 5.74) is 3.24. The summed E-state index contributed by atoms with van der Waals surface area (Å²) < 4.78 is 44.6. The molecular weight excluding hydrogens is 589 g/mol. The molecule has 4 aromatic rings. The van der Waals surface area contributed by atoms with Gasteiger partial charge in [-0.05, 0) is 80.2 Å². The molecule has 0 spiro atoms. The van der Waals surface area contributed by atoms with Gasteiger partial charge in [0.05, 0.1) is 5.52 Å². The molecule has 0 saturated carbocycles. The first-order chi connectivity index (χ1) is 21.2. The number of ether oxygens (including phenoxy) is 1. The van der Waals surface area contributed by atoms with Gasteiger partial charge in [-0.15, -0.1) is 0 Å². The smallest absolute Gasteiger partial charge is 0.408 e. The summed E-state index contributed by atoms with van der Waals surface area (Å²) in [5, 5.41) is 3.62. The van der Waals surface area contributed by atoms with E-state index in [9.17, 15) is 18.0 Å². The number of fused-ring (bicyclic) bond motifs is 4. The summed E-state index contributed by atoms with van der Waals surface area (Å²) in [6, 6.07) is 25.2. The second-order valence-electron chi connectivity index (χ2n) is 11.4. The van der Waals surface area contributed by atoms with Crippen molar-refractivity contribution < 1.29 is 22.7 Å². The Hall–Kier alpha value is -3.82. The number of alkyl halides is 3. The zero-order valence-electron chi connectivity index (χ0n) is 24.2. The number of amides is 1. The molecule has 2 heterocycles. The van der Waals surface area contributed by atoms with Crippen LogP contribution in [0.25, 0.3) is 22.0 Å². The van der Waals surface area contributed by atoms with Gasteiger partial charge in [0.15, 0.2) is 5.60 Å². The number of carbonyl (C=O) groups is 1. The first kappa shape index (κ1) is 30.2. The number of halogens is 4. The van der Waals surface area contributed by atoms with Gasteiger partial charge >= 0.3 is 12.3 Å². The van der Waals surface area contributed by atoms with Crippen LogP contribution in [0.5, 0.6) is 0 Å². The monoisotopic (exact) mass is 622 g/mol. The first-order valence-corrected chi connectivity index (χ1v) is 15.4. The number of nitrogens with one attached hydrogen (secondary N) is 1. The van der Waals surface area contributed by atoms with E-state index in [0.29, 0.717) is 11.4 Å². The van der Waals surface area contributed by atoms with Crippen LogP contribution in [0.3, 0.4) is 0 Å². The van der Waals surface area contributed by atoms with Crippen molar-refractivity contribution in [2.45, 2.75) is 37.5 Å². The van der Waals surface area contributed by atoms with Crippen LogP contribution in [0.1, 0.15) is 36.8 Å². The highest BCUT2D eigenvalue weighted by molar-refractivity contribution is 6.31. The average molecular weight is 623 g/mol. The largest absolute Gasteiger partial charge is 0.433 e. The third-order valence-electron chi connectivity index (χ3n) is 8.52. The molecule has 1 saturated heterocycles. The highest BCUT2D eigenvalue weighted by atomic mass is 35.5. The fourth-order valence-electron chi connectivity index (χ4n) is 6.48. The summed E-state index contributed by atoms with van der Waals surface area (Å²) in [4.78, 5) is 22.4. The number of pyridine rings is 1. The summed E-state index contributed by atoms with van der Waals surface area (Å²) >= 11 is 6.13. The Morgan fingerprint density at radius 3 is 2.36 bits per heavy atom. The van der Waals surface area contributed by atoms with Crippen molar-refractivity contribution in [2.75, 3.05) is 44.2 Å². The lowest BCUT2D eigenvalue weighted by atomic mass is 9.86. The van der Waals surface area contributed by atoms with E-state index in [0.717, 1.165) is 91.0 Å². The van der Waals surface area contributed by atoms with E-state index in [1.165, 1.54) is 0 Å². The summed E-state index contributed by atoms with van der Waals surface area (Å²) in [6.07, 6.45) is -2.55. The van der Waals surface area contributed by atoms with Gasteiger partial charge in [-0.25, -0.2) is 9.78 Å². The molecule has 2 aliphatic rings. The van der Waals surface area contributed by atoms with Crippen molar-refractivity contribution in [1.82, 2.24) is 15.2 Å². The van der Waals surface area contributed by atoms with E-state index in [1.54, 1.807) is 0 Å². The van der Waals surface area contributed by atoms with Crippen molar-refractivity contribution >= 4 is 34.4 Å². The molecule has 10 heteroatoms. The number of benzene rings is 3. The van der Waals surface area contributed by atoms with E-state index in [2.05, 4.69) is 21.9 Å². The number of aromatic nitrogens is 1. The Kier molecular flexibility index (Phi) is 8.69. The standard InChI is InChI=1S/C34H34ClF3N4O2/c35-25-13-14-30-24(22-25)12-15-31(40-30)42-19-7-18-41(20-21-42)17-6-5-16-33(44-32(43)39-23-34(36,37)38)28-10-3-1-8-26(28)27-9-2-4-11-29(27)33/h1-4,8-15,22H,5-7,16-21,23H2,(H,39,43). The molecule has 1 amide bonds. The Balaban J connectivity index is 1.11. The number of anilines is 1. The predicted octanol–water partition coefficient (Wildman–Crippen LogP) is 7.78.